The average molecular weight is 269 g/mol. The van der Waals surface area contributed by atoms with Gasteiger partial charge in [-0.3, -0.25) is 0 Å². The Labute approximate surface area is 114 Å². The van der Waals surface area contributed by atoms with Crippen LogP contribution in [0.2, 0.25) is 0 Å². The zero-order valence-electron chi connectivity index (χ0n) is 12.2. The number of aryl methyl sites for hydroxylation is 1. The molecule has 0 aliphatic rings. The van der Waals surface area contributed by atoms with Gasteiger partial charge in [-0.1, -0.05) is 19.1 Å². The summed E-state index contributed by atoms with van der Waals surface area (Å²) in [5.74, 6) is 0.229. The van der Waals surface area contributed by atoms with Crippen LogP contribution in [0.1, 0.15) is 42.9 Å². The Morgan fingerprint density at radius 3 is 2.74 bits per heavy atom. The predicted molar refractivity (Wildman–Crippen MR) is 71.0 cm³/mol. The zero-order valence-corrected chi connectivity index (χ0v) is 12.2. The summed E-state index contributed by atoms with van der Waals surface area (Å²) in [4.78, 5) is 11.7. The van der Waals surface area contributed by atoms with Gasteiger partial charge in [0.15, 0.2) is 5.69 Å². The van der Waals surface area contributed by atoms with Crippen LogP contribution in [0.3, 0.4) is 0 Å². The first-order chi connectivity index (χ1) is 9.06. The third-order valence-corrected chi connectivity index (χ3v) is 2.85. The molecule has 0 saturated heterocycles. The van der Waals surface area contributed by atoms with E-state index in [1.54, 1.807) is 11.8 Å². The number of hydrogen-bond acceptors (Lipinski definition) is 5. The van der Waals surface area contributed by atoms with Gasteiger partial charge in [-0.2, -0.15) is 0 Å². The topological polar surface area (TPSA) is 66.2 Å². The SMILES string of the molecule is COCCOC(=O)c1nnn(CCCC(C)C)c1C. The van der Waals surface area contributed by atoms with E-state index in [2.05, 4.69) is 24.2 Å². The molecule has 0 spiro atoms. The van der Waals surface area contributed by atoms with Crippen molar-refractivity contribution in [3.8, 4) is 0 Å². The van der Waals surface area contributed by atoms with Crippen LogP contribution >= 0.6 is 0 Å². The number of ether oxygens (including phenoxy) is 2. The molecule has 0 aromatic carbocycles. The van der Waals surface area contributed by atoms with Gasteiger partial charge in [0.25, 0.3) is 0 Å². The molecule has 1 aromatic heterocycles. The third-order valence-electron chi connectivity index (χ3n) is 2.85. The predicted octanol–water partition coefficient (Wildman–Crippen LogP) is 1.83. The lowest BCUT2D eigenvalue weighted by Crippen LogP contribution is -2.12. The lowest BCUT2D eigenvalue weighted by atomic mass is 10.1. The molecule has 6 nitrogen and oxygen atoms in total. The fourth-order valence-electron chi connectivity index (χ4n) is 1.70. The summed E-state index contributed by atoms with van der Waals surface area (Å²) in [5, 5.41) is 7.89. The van der Waals surface area contributed by atoms with Crippen molar-refractivity contribution in [1.29, 1.82) is 0 Å². The maximum Gasteiger partial charge on any atom is 0.360 e. The summed E-state index contributed by atoms with van der Waals surface area (Å²) in [7, 11) is 1.56. The minimum Gasteiger partial charge on any atom is -0.458 e. The normalized spacial score (nSPS) is 11.0. The standard InChI is InChI=1S/C13H23N3O3/c1-10(2)6-5-7-16-11(3)12(14-15-16)13(17)19-9-8-18-4/h10H,5-9H2,1-4H3. The number of methoxy groups -OCH3 is 1. The highest BCUT2D eigenvalue weighted by Gasteiger charge is 2.17. The van der Waals surface area contributed by atoms with Crippen molar-refractivity contribution in [2.75, 3.05) is 20.3 Å². The Hall–Kier alpha value is -1.43. The van der Waals surface area contributed by atoms with Crippen LogP contribution in [0.5, 0.6) is 0 Å². The lowest BCUT2D eigenvalue weighted by Gasteiger charge is -2.06. The number of rotatable bonds is 8. The van der Waals surface area contributed by atoms with Crippen LogP contribution in [0, 0.1) is 12.8 Å². The fourth-order valence-corrected chi connectivity index (χ4v) is 1.70. The number of carbonyl (C=O) groups is 1. The van der Waals surface area contributed by atoms with Gasteiger partial charge in [0.2, 0.25) is 0 Å². The molecule has 0 atom stereocenters. The van der Waals surface area contributed by atoms with Crippen molar-refractivity contribution < 1.29 is 14.3 Å². The summed E-state index contributed by atoms with van der Waals surface area (Å²) in [6.07, 6.45) is 2.16. The molecular formula is C13H23N3O3. The van der Waals surface area contributed by atoms with Gasteiger partial charge < -0.3 is 9.47 Å². The number of esters is 1. The highest BCUT2D eigenvalue weighted by atomic mass is 16.6. The van der Waals surface area contributed by atoms with E-state index >= 15 is 0 Å². The Kier molecular flexibility index (Phi) is 6.49. The summed E-state index contributed by atoms with van der Waals surface area (Å²) < 4.78 is 11.6. The van der Waals surface area contributed by atoms with Gasteiger partial charge >= 0.3 is 5.97 Å². The molecule has 0 saturated carbocycles. The van der Waals surface area contributed by atoms with Crippen molar-refractivity contribution in [3.63, 3.8) is 0 Å². The van der Waals surface area contributed by atoms with Gasteiger partial charge in [-0.05, 0) is 25.7 Å². The summed E-state index contributed by atoms with van der Waals surface area (Å²) >= 11 is 0. The van der Waals surface area contributed by atoms with Gasteiger partial charge in [-0.15, -0.1) is 5.10 Å². The Morgan fingerprint density at radius 1 is 1.37 bits per heavy atom. The van der Waals surface area contributed by atoms with E-state index in [4.69, 9.17) is 9.47 Å². The van der Waals surface area contributed by atoms with E-state index in [1.165, 1.54) is 0 Å². The Bertz CT molecular complexity index is 402. The number of hydrogen-bond donors (Lipinski definition) is 0. The Morgan fingerprint density at radius 2 is 2.11 bits per heavy atom. The second kappa shape index (κ2) is 7.89. The first-order valence-corrected chi connectivity index (χ1v) is 6.62. The van der Waals surface area contributed by atoms with Crippen molar-refractivity contribution in [1.82, 2.24) is 15.0 Å². The molecule has 1 heterocycles. The monoisotopic (exact) mass is 269 g/mol. The molecule has 6 heteroatoms. The first kappa shape index (κ1) is 15.6. The van der Waals surface area contributed by atoms with E-state index in [9.17, 15) is 4.79 Å². The van der Waals surface area contributed by atoms with Crippen molar-refractivity contribution >= 4 is 5.97 Å². The van der Waals surface area contributed by atoms with E-state index in [1.807, 2.05) is 6.92 Å². The Balaban J connectivity index is 2.52. The van der Waals surface area contributed by atoms with Crippen molar-refractivity contribution in [2.24, 2.45) is 5.92 Å². The minimum absolute atomic E-state index is 0.231. The van der Waals surface area contributed by atoms with E-state index in [-0.39, 0.29) is 6.61 Å². The number of nitrogens with zero attached hydrogens (tertiary/aromatic N) is 3. The number of aromatic nitrogens is 3. The molecule has 0 N–H and O–H groups in total. The maximum absolute atomic E-state index is 11.7. The molecular weight excluding hydrogens is 246 g/mol. The molecule has 0 bridgehead atoms. The van der Waals surface area contributed by atoms with Gasteiger partial charge in [0.1, 0.15) is 6.61 Å². The highest BCUT2D eigenvalue weighted by molar-refractivity contribution is 5.88. The van der Waals surface area contributed by atoms with Crippen LogP contribution in [0.15, 0.2) is 0 Å². The van der Waals surface area contributed by atoms with Crippen LogP contribution in [0.25, 0.3) is 0 Å². The summed E-state index contributed by atoms with van der Waals surface area (Å²) in [6, 6.07) is 0. The molecule has 0 radical (unpaired) electrons. The maximum atomic E-state index is 11.7. The van der Waals surface area contributed by atoms with Crippen LogP contribution < -0.4 is 0 Å². The second-order valence-corrected chi connectivity index (χ2v) is 4.91. The number of carbonyl (C=O) groups excluding carboxylic acids is 1. The van der Waals surface area contributed by atoms with Crippen LogP contribution in [-0.2, 0) is 16.0 Å². The molecule has 1 aromatic rings. The lowest BCUT2D eigenvalue weighted by molar-refractivity contribution is 0.0380. The van der Waals surface area contributed by atoms with E-state index < -0.39 is 5.97 Å². The first-order valence-electron chi connectivity index (χ1n) is 6.62. The van der Waals surface area contributed by atoms with Crippen molar-refractivity contribution in [3.05, 3.63) is 11.4 Å². The quantitative estimate of drug-likeness (QED) is 0.532. The third kappa shape index (κ3) is 4.98. The van der Waals surface area contributed by atoms with Gasteiger partial charge in [-0.25, -0.2) is 9.48 Å². The second-order valence-electron chi connectivity index (χ2n) is 4.91. The largest absolute Gasteiger partial charge is 0.458 e. The van der Waals surface area contributed by atoms with Crippen LogP contribution in [-0.4, -0.2) is 41.3 Å². The van der Waals surface area contributed by atoms with E-state index in [0.29, 0.717) is 18.2 Å². The van der Waals surface area contributed by atoms with Gasteiger partial charge in [0, 0.05) is 13.7 Å². The minimum atomic E-state index is -0.440. The average Bonchev–Trinajstić information content (AvgIpc) is 2.71. The van der Waals surface area contributed by atoms with Gasteiger partial charge in [0.05, 0.1) is 12.3 Å². The molecule has 0 unspecified atom stereocenters. The zero-order chi connectivity index (χ0) is 14.3. The molecule has 0 amide bonds. The molecule has 0 fully saturated rings. The smallest absolute Gasteiger partial charge is 0.360 e. The molecule has 0 aliphatic carbocycles. The fraction of sp³-hybridized carbons (Fsp3) is 0.769. The molecule has 1 rings (SSSR count). The molecule has 0 aliphatic heterocycles. The van der Waals surface area contributed by atoms with Crippen molar-refractivity contribution in [2.45, 2.75) is 40.2 Å². The summed E-state index contributed by atoms with van der Waals surface area (Å²) in [6.45, 7) is 7.60. The highest BCUT2D eigenvalue weighted by Crippen LogP contribution is 2.09. The van der Waals surface area contributed by atoms with Crippen LogP contribution in [0.4, 0.5) is 0 Å². The summed E-state index contributed by atoms with van der Waals surface area (Å²) in [5.41, 5.74) is 1.05. The molecule has 19 heavy (non-hydrogen) atoms. The van der Waals surface area contributed by atoms with E-state index in [0.717, 1.165) is 25.1 Å². The molecule has 108 valence electrons.